The van der Waals surface area contributed by atoms with Crippen LogP contribution in [0.15, 0.2) is 48.2 Å². The van der Waals surface area contributed by atoms with E-state index in [-0.39, 0.29) is 17.9 Å². The van der Waals surface area contributed by atoms with Crippen LogP contribution < -0.4 is 9.80 Å². The highest BCUT2D eigenvalue weighted by Gasteiger charge is 2.43. The second-order valence-electron chi connectivity index (χ2n) is 9.53. The van der Waals surface area contributed by atoms with Gasteiger partial charge in [0.1, 0.15) is 5.70 Å². The summed E-state index contributed by atoms with van der Waals surface area (Å²) in [7, 11) is 7.99. The van der Waals surface area contributed by atoms with Crippen LogP contribution in [0.2, 0.25) is 0 Å². The number of likely N-dealkylation sites (tertiary alicyclic amines) is 1. The zero-order valence-corrected chi connectivity index (χ0v) is 20.6. The number of anilines is 2. The normalized spacial score (nSPS) is 17.8. The Hall–Kier alpha value is -3.12. The number of nitrogens with zero attached hydrogens (tertiary/aromatic N) is 4. The van der Waals surface area contributed by atoms with Crippen molar-refractivity contribution in [1.82, 2.24) is 9.80 Å². The molecule has 0 radical (unpaired) electrons. The van der Waals surface area contributed by atoms with Crippen molar-refractivity contribution < 1.29 is 9.59 Å². The van der Waals surface area contributed by atoms with Gasteiger partial charge in [0.15, 0.2) is 0 Å². The molecule has 6 nitrogen and oxygen atoms in total. The topological polar surface area (TPSA) is 47.1 Å². The third-order valence-corrected chi connectivity index (χ3v) is 7.05. The van der Waals surface area contributed by atoms with Gasteiger partial charge < -0.3 is 14.7 Å². The number of hydrogen-bond acceptors (Lipinski definition) is 5. The molecular weight excluding hydrogens is 412 g/mol. The van der Waals surface area contributed by atoms with Crippen LogP contribution in [0.3, 0.4) is 0 Å². The monoisotopic (exact) mass is 446 g/mol. The molecule has 33 heavy (non-hydrogen) atoms. The highest BCUT2D eigenvalue weighted by Crippen LogP contribution is 2.37. The Morgan fingerprint density at radius 3 is 2.21 bits per heavy atom. The van der Waals surface area contributed by atoms with Gasteiger partial charge in [-0.1, -0.05) is 24.3 Å². The first-order valence-electron chi connectivity index (χ1n) is 11.6. The van der Waals surface area contributed by atoms with E-state index in [9.17, 15) is 9.59 Å². The number of likely N-dealkylation sites (N-methyl/N-ethyl adjacent to an activating group) is 1. The molecule has 6 heteroatoms. The van der Waals surface area contributed by atoms with E-state index in [0.29, 0.717) is 17.0 Å². The molecule has 0 atom stereocenters. The van der Waals surface area contributed by atoms with Crippen LogP contribution in [-0.2, 0) is 9.59 Å². The molecule has 0 aliphatic carbocycles. The number of rotatable bonds is 5. The minimum absolute atomic E-state index is 0.225. The van der Waals surface area contributed by atoms with Gasteiger partial charge in [0.25, 0.3) is 11.8 Å². The molecule has 0 aromatic heterocycles. The Labute approximate surface area is 197 Å². The van der Waals surface area contributed by atoms with Crippen molar-refractivity contribution >= 4 is 28.8 Å². The van der Waals surface area contributed by atoms with Crippen molar-refractivity contribution in [1.29, 1.82) is 0 Å². The lowest BCUT2D eigenvalue weighted by molar-refractivity contribution is -0.120. The molecule has 0 N–H and O–H groups in total. The molecule has 2 amide bonds. The summed E-state index contributed by atoms with van der Waals surface area (Å²) in [6.45, 7) is 6.06. The summed E-state index contributed by atoms with van der Waals surface area (Å²) >= 11 is 0. The fraction of sp³-hybridized carbons (Fsp3) is 0.407. The van der Waals surface area contributed by atoms with Gasteiger partial charge in [-0.2, -0.15) is 0 Å². The van der Waals surface area contributed by atoms with Crippen molar-refractivity contribution in [2.75, 3.05) is 51.1 Å². The quantitative estimate of drug-likeness (QED) is 0.656. The Morgan fingerprint density at radius 2 is 1.58 bits per heavy atom. The van der Waals surface area contributed by atoms with Crippen LogP contribution >= 0.6 is 0 Å². The van der Waals surface area contributed by atoms with Crippen LogP contribution in [0.5, 0.6) is 0 Å². The number of carbonyl (C=O) groups excluding carboxylic acids is 2. The molecule has 174 valence electrons. The van der Waals surface area contributed by atoms with Crippen LogP contribution in [-0.4, -0.2) is 68.9 Å². The SMILES string of the molecule is Cc1ccc(C2=C(N(C)C3CCN(C)CC3)C(=O)N(c3cccc(N(C)C)c3)C2=O)cc1C. The van der Waals surface area contributed by atoms with Crippen LogP contribution in [0.4, 0.5) is 11.4 Å². The molecule has 2 aromatic rings. The molecule has 2 aromatic carbocycles. The minimum Gasteiger partial charge on any atom is -0.378 e. The van der Waals surface area contributed by atoms with E-state index in [1.165, 1.54) is 4.90 Å². The third-order valence-electron chi connectivity index (χ3n) is 7.05. The Bertz CT molecular complexity index is 1110. The Kier molecular flexibility index (Phi) is 6.30. The average molecular weight is 447 g/mol. The molecular formula is C27H34N4O2. The molecule has 0 saturated carbocycles. The standard InChI is InChI=1S/C27H34N4O2/c1-18-10-11-20(16-19(18)2)24-25(30(6)21-12-14-29(5)15-13-21)27(33)31(26(24)32)23-9-7-8-22(17-23)28(3)4/h7-11,16-17,21H,12-15H2,1-6H3. The lowest BCUT2D eigenvalue weighted by atomic mass is 9.97. The van der Waals surface area contributed by atoms with E-state index in [1.807, 2.05) is 75.4 Å². The summed E-state index contributed by atoms with van der Waals surface area (Å²) in [4.78, 5) is 35.4. The predicted molar refractivity (Wildman–Crippen MR) is 134 cm³/mol. The maximum Gasteiger partial charge on any atom is 0.282 e. The fourth-order valence-corrected chi connectivity index (χ4v) is 4.71. The maximum atomic E-state index is 13.9. The second kappa shape index (κ2) is 9.02. The molecule has 2 aliphatic rings. The summed E-state index contributed by atoms with van der Waals surface area (Å²) in [5.41, 5.74) is 5.62. The largest absolute Gasteiger partial charge is 0.378 e. The van der Waals surface area contributed by atoms with E-state index in [2.05, 4.69) is 23.8 Å². The number of piperidine rings is 1. The number of carbonyl (C=O) groups is 2. The zero-order valence-electron chi connectivity index (χ0n) is 20.6. The number of aryl methyl sites for hydroxylation is 2. The van der Waals surface area contributed by atoms with Gasteiger partial charge in [0.05, 0.1) is 11.3 Å². The van der Waals surface area contributed by atoms with Crippen molar-refractivity contribution in [3.05, 3.63) is 64.9 Å². The lowest BCUT2D eigenvalue weighted by Crippen LogP contribution is -2.43. The summed E-state index contributed by atoms with van der Waals surface area (Å²) < 4.78 is 0. The maximum absolute atomic E-state index is 13.9. The van der Waals surface area contributed by atoms with Gasteiger partial charge in [-0.25, -0.2) is 4.90 Å². The first-order chi connectivity index (χ1) is 15.7. The van der Waals surface area contributed by atoms with Crippen molar-refractivity contribution in [3.63, 3.8) is 0 Å². The summed E-state index contributed by atoms with van der Waals surface area (Å²) in [6.07, 6.45) is 1.93. The highest BCUT2D eigenvalue weighted by atomic mass is 16.2. The summed E-state index contributed by atoms with van der Waals surface area (Å²) in [6, 6.07) is 13.8. The first kappa shape index (κ1) is 23.1. The van der Waals surface area contributed by atoms with Gasteiger partial charge in [-0.05, 0) is 81.7 Å². The lowest BCUT2D eigenvalue weighted by Gasteiger charge is -2.36. The first-order valence-corrected chi connectivity index (χ1v) is 11.6. The zero-order chi connectivity index (χ0) is 23.9. The van der Waals surface area contributed by atoms with E-state index in [4.69, 9.17) is 0 Å². The Morgan fingerprint density at radius 1 is 0.879 bits per heavy atom. The molecule has 2 aliphatic heterocycles. The van der Waals surface area contributed by atoms with Gasteiger partial charge in [0, 0.05) is 32.9 Å². The van der Waals surface area contributed by atoms with Gasteiger partial charge >= 0.3 is 0 Å². The van der Waals surface area contributed by atoms with Crippen LogP contribution in [0.25, 0.3) is 5.57 Å². The Balaban J connectivity index is 1.81. The van der Waals surface area contributed by atoms with Crippen molar-refractivity contribution in [3.8, 4) is 0 Å². The molecule has 4 rings (SSSR count). The summed E-state index contributed by atoms with van der Waals surface area (Å²) in [5.74, 6) is -0.500. The number of benzene rings is 2. The molecule has 1 saturated heterocycles. The van der Waals surface area contributed by atoms with Crippen LogP contribution in [0, 0.1) is 13.8 Å². The summed E-state index contributed by atoms with van der Waals surface area (Å²) in [5, 5.41) is 0. The van der Waals surface area contributed by atoms with E-state index < -0.39 is 0 Å². The number of imide groups is 1. The highest BCUT2D eigenvalue weighted by molar-refractivity contribution is 6.45. The molecule has 0 bridgehead atoms. The molecule has 0 unspecified atom stereocenters. The average Bonchev–Trinajstić information content (AvgIpc) is 3.05. The van der Waals surface area contributed by atoms with E-state index in [0.717, 1.165) is 48.3 Å². The molecule has 2 heterocycles. The van der Waals surface area contributed by atoms with Gasteiger partial charge in [-0.3, -0.25) is 9.59 Å². The predicted octanol–water partition coefficient (Wildman–Crippen LogP) is 3.68. The van der Waals surface area contributed by atoms with Crippen molar-refractivity contribution in [2.24, 2.45) is 0 Å². The minimum atomic E-state index is -0.256. The number of amides is 2. The van der Waals surface area contributed by atoms with E-state index in [1.54, 1.807) is 0 Å². The third kappa shape index (κ3) is 4.27. The second-order valence-corrected chi connectivity index (χ2v) is 9.53. The molecule has 1 fully saturated rings. The fourth-order valence-electron chi connectivity index (χ4n) is 4.71. The smallest absolute Gasteiger partial charge is 0.282 e. The van der Waals surface area contributed by atoms with Gasteiger partial charge in [-0.15, -0.1) is 0 Å². The van der Waals surface area contributed by atoms with Crippen LogP contribution in [0.1, 0.15) is 29.5 Å². The molecule has 0 spiro atoms. The van der Waals surface area contributed by atoms with Gasteiger partial charge in [0.2, 0.25) is 0 Å². The number of hydrogen-bond donors (Lipinski definition) is 0. The van der Waals surface area contributed by atoms with E-state index >= 15 is 0 Å². The van der Waals surface area contributed by atoms with Crippen molar-refractivity contribution in [2.45, 2.75) is 32.7 Å².